The molecule has 15 heavy (non-hydrogen) atoms. The van der Waals surface area contributed by atoms with Crippen molar-refractivity contribution in [1.82, 2.24) is 0 Å². The zero-order valence-electron chi connectivity index (χ0n) is 10.5. The molecule has 1 aliphatic heterocycles. The Morgan fingerprint density at radius 2 is 2.00 bits per heavy atom. The normalized spacial score (nSPS) is 26.3. The zero-order valence-corrected chi connectivity index (χ0v) is 10.5. The van der Waals surface area contributed by atoms with Gasteiger partial charge in [-0.05, 0) is 45.6 Å². The van der Waals surface area contributed by atoms with E-state index >= 15 is 0 Å². The summed E-state index contributed by atoms with van der Waals surface area (Å²) in [4.78, 5) is 9.05. The molecule has 2 nitrogen and oxygen atoms in total. The third-order valence-corrected chi connectivity index (χ3v) is 2.63. The summed E-state index contributed by atoms with van der Waals surface area (Å²) < 4.78 is 0. The second kappa shape index (κ2) is 4.73. The number of hydrogen-bond acceptors (Lipinski definition) is 2. The lowest BCUT2D eigenvalue weighted by Gasteiger charge is -2.22. The summed E-state index contributed by atoms with van der Waals surface area (Å²) in [5.74, 6) is 0.732. The smallest absolute Gasteiger partial charge is 0.0783 e. The molecule has 84 valence electrons. The summed E-state index contributed by atoms with van der Waals surface area (Å²) in [5, 5.41) is 0. The van der Waals surface area contributed by atoms with Crippen LogP contribution in [-0.4, -0.2) is 17.5 Å². The van der Waals surface area contributed by atoms with Gasteiger partial charge >= 0.3 is 0 Å². The fourth-order valence-corrected chi connectivity index (χ4v) is 1.86. The highest BCUT2D eigenvalue weighted by Crippen LogP contribution is 2.25. The molecule has 0 aromatic heterocycles. The molecule has 0 bridgehead atoms. The summed E-state index contributed by atoms with van der Waals surface area (Å²) in [7, 11) is 0. The van der Waals surface area contributed by atoms with Crippen LogP contribution in [-0.2, 0) is 0 Å². The molecule has 0 saturated heterocycles. The second-order valence-electron chi connectivity index (χ2n) is 5.09. The van der Waals surface area contributed by atoms with Crippen molar-refractivity contribution in [2.24, 2.45) is 15.9 Å². The third-order valence-electron chi connectivity index (χ3n) is 2.63. The van der Waals surface area contributed by atoms with Crippen molar-refractivity contribution < 1.29 is 0 Å². The Hall–Kier alpha value is -0.920. The van der Waals surface area contributed by atoms with Crippen molar-refractivity contribution >= 4 is 11.9 Å². The van der Waals surface area contributed by atoms with Gasteiger partial charge in [0.1, 0.15) is 0 Å². The second-order valence-corrected chi connectivity index (χ2v) is 5.09. The Morgan fingerprint density at radius 3 is 2.60 bits per heavy atom. The minimum absolute atomic E-state index is 0.0606. The van der Waals surface area contributed by atoms with Crippen LogP contribution >= 0.6 is 0 Å². The first-order valence-electron chi connectivity index (χ1n) is 5.71. The summed E-state index contributed by atoms with van der Waals surface area (Å²) >= 11 is 0. The fraction of sp³-hybridized carbons (Fsp3) is 0.692. The molecule has 0 amide bonds. The summed E-state index contributed by atoms with van der Waals surface area (Å²) in [5.41, 5.74) is 2.03. The van der Waals surface area contributed by atoms with Crippen molar-refractivity contribution in [2.45, 2.75) is 53.0 Å². The minimum atomic E-state index is -0.0606. The van der Waals surface area contributed by atoms with E-state index < -0.39 is 0 Å². The fourth-order valence-electron chi connectivity index (χ4n) is 1.86. The Kier molecular flexibility index (Phi) is 3.83. The van der Waals surface area contributed by atoms with E-state index in [1.165, 1.54) is 6.42 Å². The first-order valence-corrected chi connectivity index (χ1v) is 5.71. The van der Waals surface area contributed by atoms with Gasteiger partial charge in [-0.1, -0.05) is 13.8 Å². The molecule has 1 rings (SSSR count). The van der Waals surface area contributed by atoms with E-state index in [0.717, 1.165) is 23.7 Å². The van der Waals surface area contributed by atoms with Crippen LogP contribution in [0.5, 0.6) is 0 Å². The molecule has 0 radical (unpaired) electrons. The standard InChI is InChI=1S/C13H22N2/c1-10(2)6-7-13(5)8-11(3)14-9-12(4)15-13/h8-10H,6-7H2,1-5H3. The van der Waals surface area contributed by atoms with E-state index in [2.05, 4.69) is 31.8 Å². The van der Waals surface area contributed by atoms with Gasteiger partial charge in [0, 0.05) is 11.9 Å². The van der Waals surface area contributed by atoms with Crippen LogP contribution in [0.25, 0.3) is 0 Å². The van der Waals surface area contributed by atoms with Crippen LogP contribution in [0.4, 0.5) is 0 Å². The van der Waals surface area contributed by atoms with Gasteiger partial charge in [-0.2, -0.15) is 0 Å². The van der Waals surface area contributed by atoms with Crippen LogP contribution in [0.1, 0.15) is 47.5 Å². The predicted octanol–water partition coefficient (Wildman–Crippen LogP) is 3.63. The highest BCUT2D eigenvalue weighted by atomic mass is 14.9. The van der Waals surface area contributed by atoms with Gasteiger partial charge < -0.3 is 0 Å². The van der Waals surface area contributed by atoms with Gasteiger partial charge in [-0.3, -0.25) is 9.98 Å². The zero-order chi connectivity index (χ0) is 11.5. The molecule has 2 heteroatoms. The maximum atomic E-state index is 4.72. The Balaban J connectivity index is 2.81. The molecule has 0 aromatic carbocycles. The molecular formula is C13H22N2. The van der Waals surface area contributed by atoms with Gasteiger partial charge in [0.2, 0.25) is 0 Å². The Morgan fingerprint density at radius 1 is 1.33 bits per heavy atom. The van der Waals surface area contributed by atoms with E-state index in [1.54, 1.807) is 0 Å². The summed E-state index contributed by atoms with van der Waals surface area (Å²) in [6, 6.07) is 0. The van der Waals surface area contributed by atoms with Crippen molar-refractivity contribution in [1.29, 1.82) is 0 Å². The predicted molar refractivity (Wildman–Crippen MR) is 67.8 cm³/mol. The maximum Gasteiger partial charge on any atom is 0.0783 e. The van der Waals surface area contributed by atoms with E-state index in [0.29, 0.717) is 0 Å². The van der Waals surface area contributed by atoms with Gasteiger partial charge in [0.15, 0.2) is 0 Å². The number of allylic oxidation sites excluding steroid dienone is 1. The number of rotatable bonds is 3. The molecule has 0 aromatic rings. The molecular weight excluding hydrogens is 184 g/mol. The van der Waals surface area contributed by atoms with Gasteiger partial charge in [-0.25, -0.2) is 0 Å². The lowest BCUT2D eigenvalue weighted by Crippen LogP contribution is -2.21. The lowest BCUT2D eigenvalue weighted by molar-refractivity contribution is 0.451. The number of hydrogen-bond donors (Lipinski definition) is 0. The highest BCUT2D eigenvalue weighted by molar-refractivity contribution is 6.30. The topological polar surface area (TPSA) is 24.7 Å². The molecule has 0 N–H and O–H groups in total. The molecule has 1 aliphatic rings. The van der Waals surface area contributed by atoms with E-state index in [9.17, 15) is 0 Å². The van der Waals surface area contributed by atoms with Gasteiger partial charge in [-0.15, -0.1) is 0 Å². The quantitative estimate of drug-likeness (QED) is 0.673. The minimum Gasteiger partial charge on any atom is -0.278 e. The first-order chi connectivity index (χ1) is 6.91. The van der Waals surface area contributed by atoms with E-state index in [-0.39, 0.29) is 5.54 Å². The summed E-state index contributed by atoms with van der Waals surface area (Å²) in [6.07, 6.45) is 6.34. The van der Waals surface area contributed by atoms with Crippen LogP contribution in [0.15, 0.2) is 21.8 Å². The van der Waals surface area contributed by atoms with Gasteiger partial charge in [0.05, 0.1) is 11.3 Å². The average Bonchev–Trinajstić information content (AvgIpc) is 2.23. The van der Waals surface area contributed by atoms with Crippen LogP contribution in [0, 0.1) is 5.92 Å². The molecule has 0 saturated carbocycles. The highest BCUT2D eigenvalue weighted by Gasteiger charge is 2.22. The van der Waals surface area contributed by atoms with E-state index in [1.807, 2.05) is 20.1 Å². The largest absolute Gasteiger partial charge is 0.278 e. The van der Waals surface area contributed by atoms with E-state index in [4.69, 9.17) is 4.99 Å². The molecule has 1 unspecified atom stereocenters. The first kappa shape index (κ1) is 12.2. The monoisotopic (exact) mass is 206 g/mol. The SMILES string of the molecule is CC1=CC(C)(CCC(C)C)N=C(C)C=N1. The number of aliphatic imine (C=N–C) groups is 2. The van der Waals surface area contributed by atoms with Crippen molar-refractivity contribution in [3.8, 4) is 0 Å². The van der Waals surface area contributed by atoms with Crippen LogP contribution in [0.3, 0.4) is 0 Å². The summed E-state index contributed by atoms with van der Waals surface area (Å²) in [6.45, 7) is 10.8. The van der Waals surface area contributed by atoms with Crippen LogP contribution in [0.2, 0.25) is 0 Å². The average molecular weight is 206 g/mol. The molecule has 0 spiro atoms. The van der Waals surface area contributed by atoms with Crippen LogP contribution < -0.4 is 0 Å². The van der Waals surface area contributed by atoms with Crippen molar-refractivity contribution in [3.63, 3.8) is 0 Å². The molecule has 0 aliphatic carbocycles. The van der Waals surface area contributed by atoms with Crippen molar-refractivity contribution in [3.05, 3.63) is 11.8 Å². The molecule has 1 atom stereocenters. The molecule has 1 heterocycles. The lowest BCUT2D eigenvalue weighted by atomic mass is 9.91. The Labute approximate surface area is 93.2 Å². The number of nitrogens with zero attached hydrogens (tertiary/aromatic N) is 2. The van der Waals surface area contributed by atoms with Crippen molar-refractivity contribution in [2.75, 3.05) is 0 Å². The van der Waals surface area contributed by atoms with Gasteiger partial charge in [0.25, 0.3) is 0 Å². The molecule has 0 fully saturated rings. The third kappa shape index (κ3) is 3.98. The maximum absolute atomic E-state index is 4.72. The Bertz CT molecular complexity index is 286.